The molecule has 1 fully saturated rings. The summed E-state index contributed by atoms with van der Waals surface area (Å²) in [6.45, 7) is 0. The van der Waals surface area contributed by atoms with Gasteiger partial charge in [0.15, 0.2) is 5.17 Å². The van der Waals surface area contributed by atoms with Gasteiger partial charge in [0.25, 0.3) is 11.6 Å². The minimum atomic E-state index is -0.541. The highest BCUT2D eigenvalue weighted by Gasteiger charge is 2.24. The number of hydrogen-bond donors (Lipinski definition) is 2. The van der Waals surface area contributed by atoms with Gasteiger partial charge in [-0.2, -0.15) is 5.10 Å². The first-order valence-corrected chi connectivity index (χ1v) is 8.67. The fourth-order valence-corrected chi connectivity index (χ4v) is 3.05. The van der Waals surface area contributed by atoms with E-state index in [1.165, 1.54) is 36.6 Å². The van der Waals surface area contributed by atoms with Crippen LogP contribution in [0.25, 0.3) is 6.08 Å². The number of nitro groups is 1. The van der Waals surface area contributed by atoms with E-state index in [4.69, 9.17) is 11.6 Å². The lowest BCUT2D eigenvalue weighted by Crippen LogP contribution is -2.19. The molecule has 0 spiro atoms. The molecule has 10 heteroatoms. The third-order valence-corrected chi connectivity index (χ3v) is 4.65. The highest BCUT2D eigenvalue weighted by Crippen LogP contribution is 2.30. The van der Waals surface area contributed by atoms with Gasteiger partial charge >= 0.3 is 0 Å². The second-order valence-electron chi connectivity index (χ2n) is 5.24. The number of nitrogens with one attached hydrogen (secondary N) is 1. The Labute approximate surface area is 162 Å². The van der Waals surface area contributed by atoms with Gasteiger partial charge in [0.2, 0.25) is 0 Å². The van der Waals surface area contributed by atoms with E-state index < -0.39 is 10.8 Å². The van der Waals surface area contributed by atoms with Crippen molar-refractivity contribution in [3.8, 4) is 5.75 Å². The van der Waals surface area contributed by atoms with Crippen molar-refractivity contribution < 1.29 is 14.8 Å². The molecule has 1 aliphatic rings. The van der Waals surface area contributed by atoms with Gasteiger partial charge in [-0.1, -0.05) is 23.7 Å². The molecule has 2 aromatic carbocycles. The molecule has 0 aliphatic carbocycles. The Kier molecular flexibility index (Phi) is 5.53. The van der Waals surface area contributed by atoms with Gasteiger partial charge in [-0.05, 0) is 36.0 Å². The quantitative estimate of drug-likeness (QED) is 0.351. The third-order valence-electron chi connectivity index (χ3n) is 3.41. The third kappa shape index (κ3) is 4.52. The molecule has 3 rings (SSSR count). The Morgan fingerprint density at radius 1 is 1.22 bits per heavy atom. The van der Waals surface area contributed by atoms with Gasteiger partial charge in [-0.25, -0.2) is 0 Å². The lowest BCUT2D eigenvalue weighted by molar-refractivity contribution is -0.384. The number of halogens is 1. The molecular formula is C17H11ClN4O4S. The summed E-state index contributed by atoms with van der Waals surface area (Å²) in [5.74, 6) is -0.357. The van der Waals surface area contributed by atoms with Crippen LogP contribution in [-0.2, 0) is 4.79 Å². The predicted molar refractivity (Wildman–Crippen MR) is 105 cm³/mol. The largest absolute Gasteiger partial charge is 0.507 e. The van der Waals surface area contributed by atoms with Crippen molar-refractivity contribution in [1.29, 1.82) is 0 Å². The number of carbonyl (C=O) groups is 1. The smallest absolute Gasteiger partial charge is 0.270 e. The number of phenols is 1. The van der Waals surface area contributed by atoms with E-state index in [0.29, 0.717) is 11.1 Å². The number of para-hydroxylation sites is 1. The van der Waals surface area contributed by atoms with Crippen LogP contribution in [0.4, 0.5) is 5.69 Å². The first kappa shape index (κ1) is 18.6. The number of amidine groups is 1. The summed E-state index contributed by atoms with van der Waals surface area (Å²) < 4.78 is 0. The summed E-state index contributed by atoms with van der Waals surface area (Å²) in [6.07, 6.45) is 2.80. The zero-order chi connectivity index (χ0) is 19.4. The van der Waals surface area contributed by atoms with Crippen LogP contribution in [0.5, 0.6) is 5.75 Å². The number of nitro benzene ring substituents is 1. The fourth-order valence-electron chi connectivity index (χ4n) is 2.11. The number of benzene rings is 2. The average molecular weight is 403 g/mol. The van der Waals surface area contributed by atoms with Crippen LogP contribution in [0.2, 0.25) is 5.02 Å². The lowest BCUT2D eigenvalue weighted by Gasteiger charge is -1.99. The maximum atomic E-state index is 12.1. The number of phenolic OH excluding ortho intramolecular Hbond substituents is 1. The minimum absolute atomic E-state index is 0.0606. The van der Waals surface area contributed by atoms with Crippen molar-refractivity contribution in [2.45, 2.75) is 0 Å². The van der Waals surface area contributed by atoms with Crippen LogP contribution < -0.4 is 5.32 Å². The molecule has 0 unspecified atom stereocenters. The highest BCUT2D eigenvalue weighted by molar-refractivity contribution is 8.18. The SMILES string of the molecule is O=C1N/C(=N/N=C/c2ccccc2O)SC1=Cc1cc([N+](=O)[O-])ccc1Cl. The fraction of sp³-hybridized carbons (Fsp3) is 0. The zero-order valence-corrected chi connectivity index (χ0v) is 15.1. The Balaban J connectivity index is 1.79. The van der Waals surface area contributed by atoms with Crippen molar-refractivity contribution in [2.24, 2.45) is 10.2 Å². The van der Waals surface area contributed by atoms with E-state index in [1.807, 2.05) is 0 Å². The second kappa shape index (κ2) is 8.02. The monoisotopic (exact) mass is 402 g/mol. The molecule has 1 heterocycles. The number of non-ortho nitro benzene ring substituents is 1. The molecule has 27 heavy (non-hydrogen) atoms. The number of amides is 1. The topological polar surface area (TPSA) is 117 Å². The van der Waals surface area contributed by atoms with E-state index in [9.17, 15) is 20.0 Å². The maximum absolute atomic E-state index is 12.1. The summed E-state index contributed by atoms with van der Waals surface area (Å²) in [7, 11) is 0. The first-order valence-electron chi connectivity index (χ1n) is 7.48. The van der Waals surface area contributed by atoms with E-state index >= 15 is 0 Å². The Hall–Kier alpha value is -3.17. The molecule has 2 N–H and O–H groups in total. The van der Waals surface area contributed by atoms with Crippen LogP contribution in [0.1, 0.15) is 11.1 Å². The van der Waals surface area contributed by atoms with Crippen molar-refractivity contribution >= 4 is 52.4 Å². The number of carbonyl (C=O) groups excluding carboxylic acids is 1. The Morgan fingerprint density at radius 3 is 2.74 bits per heavy atom. The standard InChI is InChI=1S/C17H11ClN4O4S/c18-13-6-5-12(22(25)26)7-11(13)8-15-16(24)20-17(27-15)21-19-9-10-3-1-2-4-14(10)23/h1-9,23H,(H,20,21,24)/b15-8?,19-9+. The van der Waals surface area contributed by atoms with Gasteiger partial charge in [0, 0.05) is 28.3 Å². The van der Waals surface area contributed by atoms with Gasteiger partial charge in [-0.3, -0.25) is 20.2 Å². The molecule has 2 aromatic rings. The molecule has 1 saturated heterocycles. The van der Waals surface area contributed by atoms with Gasteiger partial charge in [0.05, 0.1) is 16.0 Å². The van der Waals surface area contributed by atoms with Gasteiger partial charge in [0.1, 0.15) is 5.75 Å². The molecule has 0 atom stereocenters. The van der Waals surface area contributed by atoms with E-state index in [0.717, 1.165) is 11.8 Å². The summed E-state index contributed by atoms with van der Waals surface area (Å²) in [5.41, 5.74) is 0.702. The zero-order valence-electron chi connectivity index (χ0n) is 13.5. The summed E-state index contributed by atoms with van der Waals surface area (Å²) in [5, 5.41) is 31.3. The van der Waals surface area contributed by atoms with Crippen LogP contribution in [0.3, 0.4) is 0 Å². The van der Waals surface area contributed by atoms with Gasteiger partial charge in [-0.15, -0.1) is 5.10 Å². The van der Waals surface area contributed by atoms with Crippen LogP contribution in [0.15, 0.2) is 57.6 Å². The summed E-state index contributed by atoms with van der Waals surface area (Å²) in [6, 6.07) is 10.6. The van der Waals surface area contributed by atoms with Gasteiger partial charge < -0.3 is 5.11 Å². The maximum Gasteiger partial charge on any atom is 0.270 e. The van der Waals surface area contributed by atoms with Crippen LogP contribution in [0, 0.1) is 10.1 Å². The Bertz CT molecular complexity index is 1020. The molecule has 136 valence electrons. The summed E-state index contributed by atoms with van der Waals surface area (Å²) >= 11 is 7.07. The number of hydrogen-bond acceptors (Lipinski definition) is 7. The predicted octanol–water partition coefficient (Wildman–Crippen LogP) is 3.55. The molecule has 1 amide bonds. The number of aromatic hydroxyl groups is 1. The molecule has 0 radical (unpaired) electrons. The van der Waals surface area contributed by atoms with E-state index in [-0.39, 0.29) is 26.5 Å². The number of nitrogens with zero attached hydrogens (tertiary/aromatic N) is 3. The van der Waals surface area contributed by atoms with Crippen molar-refractivity contribution in [3.05, 3.63) is 73.6 Å². The minimum Gasteiger partial charge on any atom is -0.507 e. The first-order chi connectivity index (χ1) is 12.9. The van der Waals surface area contributed by atoms with Crippen LogP contribution in [-0.4, -0.2) is 27.3 Å². The van der Waals surface area contributed by atoms with Crippen molar-refractivity contribution in [1.82, 2.24) is 5.32 Å². The number of rotatable bonds is 4. The van der Waals surface area contributed by atoms with E-state index in [1.54, 1.807) is 18.2 Å². The van der Waals surface area contributed by atoms with Crippen molar-refractivity contribution in [3.63, 3.8) is 0 Å². The molecule has 8 nitrogen and oxygen atoms in total. The molecule has 1 aliphatic heterocycles. The average Bonchev–Trinajstić information content (AvgIpc) is 2.98. The highest BCUT2D eigenvalue weighted by atomic mass is 35.5. The lowest BCUT2D eigenvalue weighted by atomic mass is 10.2. The summed E-state index contributed by atoms with van der Waals surface area (Å²) in [4.78, 5) is 22.7. The molecule has 0 aromatic heterocycles. The number of thioether (sulfide) groups is 1. The second-order valence-corrected chi connectivity index (χ2v) is 6.67. The normalized spacial score (nSPS) is 17.0. The van der Waals surface area contributed by atoms with Crippen molar-refractivity contribution in [2.75, 3.05) is 0 Å². The van der Waals surface area contributed by atoms with Crippen LogP contribution >= 0.6 is 23.4 Å². The molecular weight excluding hydrogens is 392 g/mol. The van der Waals surface area contributed by atoms with E-state index in [2.05, 4.69) is 15.5 Å². The Morgan fingerprint density at radius 2 is 2.00 bits per heavy atom. The molecule has 0 saturated carbocycles. The molecule has 0 bridgehead atoms.